The number of carbonyl (C=O) groups is 1. The van der Waals surface area contributed by atoms with E-state index in [0.717, 1.165) is 19.3 Å². The third kappa shape index (κ3) is 2.35. The van der Waals surface area contributed by atoms with Gasteiger partial charge < -0.3 is 5.11 Å². The van der Waals surface area contributed by atoms with Gasteiger partial charge in [-0.15, -0.1) is 0 Å². The van der Waals surface area contributed by atoms with E-state index in [1.807, 2.05) is 27.7 Å². The molecule has 1 aliphatic rings. The largest absolute Gasteiger partial charge is 0.393 e. The molecule has 0 amide bonds. The first-order chi connectivity index (χ1) is 6.34. The van der Waals surface area contributed by atoms with E-state index < -0.39 is 0 Å². The normalized spacial score (nSPS) is 34.2. The monoisotopic (exact) mass is 198 g/mol. The number of carbonyl (C=O) groups excluding carboxylic acids is 1. The summed E-state index contributed by atoms with van der Waals surface area (Å²) in [4.78, 5) is 12.1. The Hall–Kier alpha value is -0.370. The number of aliphatic hydroxyl groups is 1. The minimum atomic E-state index is -0.278. The molecule has 0 aliphatic heterocycles. The molecule has 0 aromatic rings. The van der Waals surface area contributed by atoms with E-state index in [-0.39, 0.29) is 23.4 Å². The Bertz CT molecular complexity index is 215. The average Bonchev–Trinajstić information content (AvgIpc) is 2.07. The summed E-state index contributed by atoms with van der Waals surface area (Å²) < 4.78 is 0. The van der Waals surface area contributed by atoms with Gasteiger partial charge in [0.1, 0.15) is 5.78 Å². The van der Waals surface area contributed by atoms with E-state index in [1.54, 1.807) is 0 Å². The van der Waals surface area contributed by atoms with Crippen LogP contribution in [0.15, 0.2) is 0 Å². The smallest absolute Gasteiger partial charge is 0.141 e. The van der Waals surface area contributed by atoms with Crippen molar-refractivity contribution in [1.29, 1.82) is 0 Å². The minimum absolute atomic E-state index is 0.0683. The van der Waals surface area contributed by atoms with Gasteiger partial charge in [0.2, 0.25) is 0 Å². The zero-order chi connectivity index (χ0) is 10.9. The van der Waals surface area contributed by atoms with Crippen LogP contribution in [-0.4, -0.2) is 17.0 Å². The van der Waals surface area contributed by atoms with Crippen LogP contribution in [0.4, 0.5) is 0 Å². The summed E-state index contributed by atoms with van der Waals surface area (Å²) >= 11 is 0. The lowest BCUT2D eigenvalue weighted by Crippen LogP contribution is -2.39. The summed E-state index contributed by atoms with van der Waals surface area (Å²) in [5.41, 5.74) is -0.268. The molecule has 0 radical (unpaired) electrons. The number of aliphatic hydroxyl groups excluding tert-OH is 1. The van der Waals surface area contributed by atoms with Crippen LogP contribution in [0.1, 0.15) is 47.0 Å². The van der Waals surface area contributed by atoms with Gasteiger partial charge in [0.05, 0.1) is 6.10 Å². The maximum Gasteiger partial charge on any atom is 0.141 e. The second kappa shape index (κ2) is 4.01. The molecule has 0 heterocycles. The summed E-state index contributed by atoms with van der Waals surface area (Å²) in [5, 5.41) is 9.71. The molecule has 0 spiro atoms. The van der Waals surface area contributed by atoms with E-state index >= 15 is 0 Å². The van der Waals surface area contributed by atoms with Gasteiger partial charge in [-0.05, 0) is 18.8 Å². The first-order valence-corrected chi connectivity index (χ1v) is 5.56. The molecule has 0 aromatic heterocycles. The molecular weight excluding hydrogens is 176 g/mol. The van der Waals surface area contributed by atoms with Crippen LogP contribution in [0.5, 0.6) is 0 Å². The van der Waals surface area contributed by atoms with E-state index in [9.17, 15) is 9.90 Å². The molecule has 3 unspecified atom stereocenters. The summed E-state index contributed by atoms with van der Waals surface area (Å²) in [7, 11) is 0. The molecule has 2 heteroatoms. The van der Waals surface area contributed by atoms with Crippen molar-refractivity contribution in [1.82, 2.24) is 0 Å². The van der Waals surface area contributed by atoms with Crippen molar-refractivity contribution in [3.8, 4) is 0 Å². The number of rotatable bonds is 1. The van der Waals surface area contributed by atoms with E-state index in [1.165, 1.54) is 0 Å². The lowest BCUT2D eigenvalue weighted by atomic mass is 9.70. The summed E-state index contributed by atoms with van der Waals surface area (Å²) in [6.45, 7) is 7.88. The molecule has 1 saturated carbocycles. The highest BCUT2D eigenvalue weighted by Gasteiger charge is 2.37. The van der Waals surface area contributed by atoms with Crippen LogP contribution in [0.3, 0.4) is 0 Å². The number of hydrogen-bond donors (Lipinski definition) is 1. The Morgan fingerprint density at radius 2 is 1.86 bits per heavy atom. The molecule has 3 atom stereocenters. The zero-order valence-corrected chi connectivity index (χ0v) is 9.71. The van der Waals surface area contributed by atoms with Crippen LogP contribution >= 0.6 is 0 Å². The first kappa shape index (κ1) is 11.7. The third-order valence-corrected chi connectivity index (χ3v) is 3.33. The Morgan fingerprint density at radius 1 is 1.29 bits per heavy atom. The summed E-state index contributed by atoms with van der Waals surface area (Å²) in [5.74, 6) is 0.512. The molecule has 0 saturated heterocycles. The van der Waals surface area contributed by atoms with Gasteiger partial charge in [-0.2, -0.15) is 0 Å². The fourth-order valence-corrected chi connectivity index (χ4v) is 2.27. The van der Waals surface area contributed by atoms with Crippen molar-refractivity contribution in [3.05, 3.63) is 0 Å². The van der Waals surface area contributed by atoms with Crippen LogP contribution in [0, 0.1) is 17.3 Å². The first-order valence-electron chi connectivity index (χ1n) is 5.56. The van der Waals surface area contributed by atoms with E-state index in [4.69, 9.17) is 0 Å². The minimum Gasteiger partial charge on any atom is -0.393 e. The highest BCUT2D eigenvalue weighted by atomic mass is 16.3. The van der Waals surface area contributed by atoms with Crippen LogP contribution in [0.2, 0.25) is 0 Å². The molecule has 2 nitrogen and oxygen atoms in total. The molecular formula is C12H22O2. The average molecular weight is 198 g/mol. The number of Topliss-reactive ketones (excluding diaryl/α,β-unsaturated/α-hetero) is 1. The van der Waals surface area contributed by atoms with Gasteiger partial charge in [0, 0.05) is 11.3 Å². The molecule has 1 aliphatic carbocycles. The second-order valence-corrected chi connectivity index (χ2v) is 5.58. The highest BCUT2D eigenvalue weighted by molar-refractivity contribution is 5.86. The predicted molar refractivity (Wildman–Crippen MR) is 57.0 cm³/mol. The van der Waals surface area contributed by atoms with Crippen LogP contribution in [0.25, 0.3) is 0 Å². The quantitative estimate of drug-likeness (QED) is 0.702. The topological polar surface area (TPSA) is 37.3 Å². The number of ketones is 1. The third-order valence-electron chi connectivity index (χ3n) is 3.33. The van der Waals surface area contributed by atoms with Crippen molar-refractivity contribution < 1.29 is 9.90 Å². The molecule has 0 aromatic carbocycles. The maximum absolute atomic E-state index is 12.1. The van der Waals surface area contributed by atoms with E-state index in [0.29, 0.717) is 5.78 Å². The summed E-state index contributed by atoms with van der Waals surface area (Å²) in [6.07, 6.45) is 2.52. The Morgan fingerprint density at radius 3 is 2.36 bits per heavy atom. The van der Waals surface area contributed by atoms with Gasteiger partial charge in [0.25, 0.3) is 0 Å². The Balaban J connectivity index is 2.72. The molecule has 1 fully saturated rings. The van der Waals surface area contributed by atoms with Crippen molar-refractivity contribution >= 4 is 5.78 Å². The Labute approximate surface area is 86.7 Å². The maximum atomic E-state index is 12.1. The lowest BCUT2D eigenvalue weighted by Gasteiger charge is -2.35. The van der Waals surface area contributed by atoms with Gasteiger partial charge in [-0.1, -0.05) is 34.1 Å². The Kier molecular flexibility index (Phi) is 3.36. The van der Waals surface area contributed by atoms with Crippen molar-refractivity contribution in [3.63, 3.8) is 0 Å². The second-order valence-electron chi connectivity index (χ2n) is 5.58. The van der Waals surface area contributed by atoms with Crippen molar-refractivity contribution in [2.75, 3.05) is 0 Å². The molecule has 1 rings (SSSR count). The lowest BCUT2D eigenvalue weighted by molar-refractivity contribution is -0.135. The molecule has 0 bridgehead atoms. The fraction of sp³-hybridized carbons (Fsp3) is 0.917. The number of hydrogen-bond acceptors (Lipinski definition) is 2. The molecule has 82 valence electrons. The fourth-order valence-electron chi connectivity index (χ4n) is 2.27. The standard InChI is InChI=1S/C12H22O2/c1-8-9(6-5-7-10(8)13)11(14)12(2,3)4/h8-10,13H,5-7H2,1-4H3. The van der Waals surface area contributed by atoms with Crippen LogP contribution < -0.4 is 0 Å². The van der Waals surface area contributed by atoms with Crippen molar-refractivity contribution in [2.45, 2.75) is 53.1 Å². The molecule has 14 heavy (non-hydrogen) atoms. The van der Waals surface area contributed by atoms with Gasteiger partial charge >= 0.3 is 0 Å². The van der Waals surface area contributed by atoms with Gasteiger partial charge in [0.15, 0.2) is 0 Å². The van der Waals surface area contributed by atoms with Gasteiger partial charge in [-0.25, -0.2) is 0 Å². The van der Waals surface area contributed by atoms with Crippen molar-refractivity contribution in [2.24, 2.45) is 17.3 Å². The molecule has 1 N–H and O–H groups in total. The predicted octanol–water partition coefficient (Wildman–Crippen LogP) is 2.40. The highest BCUT2D eigenvalue weighted by Crippen LogP contribution is 2.35. The van der Waals surface area contributed by atoms with E-state index in [2.05, 4.69) is 0 Å². The van der Waals surface area contributed by atoms with Gasteiger partial charge in [-0.3, -0.25) is 4.79 Å². The van der Waals surface area contributed by atoms with Crippen LogP contribution in [-0.2, 0) is 4.79 Å². The SMILES string of the molecule is CC1C(O)CCCC1C(=O)C(C)(C)C. The summed E-state index contributed by atoms with van der Waals surface area (Å²) in [6, 6.07) is 0. The zero-order valence-electron chi connectivity index (χ0n) is 9.71.